The molecule has 0 aliphatic carbocycles. The second-order valence-corrected chi connectivity index (χ2v) is 5.92. The monoisotopic (exact) mass is 274 g/mol. The number of likely N-dealkylation sites (N-methyl/N-ethyl adjacent to an activating group) is 1. The van der Waals surface area contributed by atoms with Gasteiger partial charge in [0.2, 0.25) is 0 Å². The van der Waals surface area contributed by atoms with Gasteiger partial charge in [-0.25, -0.2) is 14.1 Å². The standard InChI is InChI=1S/C15H19FN4/c1-15(7-8-19(2)10-15)14-17-11-18-20(14)9-12-3-5-13(16)6-4-12/h3-6,11H,7-10H2,1-2H3. The highest BCUT2D eigenvalue weighted by molar-refractivity contribution is 5.18. The molecule has 0 N–H and O–H groups in total. The van der Waals surface area contributed by atoms with Crippen molar-refractivity contribution in [3.63, 3.8) is 0 Å². The zero-order valence-electron chi connectivity index (χ0n) is 11.9. The SMILES string of the molecule is CN1CCC(C)(c2ncnn2Cc2ccc(F)cc2)C1. The minimum absolute atomic E-state index is 0.0469. The maximum atomic E-state index is 13.0. The van der Waals surface area contributed by atoms with E-state index in [1.165, 1.54) is 12.1 Å². The largest absolute Gasteiger partial charge is 0.305 e. The van der Waals surface area contributed by atoms with Crippen molar-refractivity contribution in [2.45, 2.75) is 25.3 Å². The van der Waals surface area contributed by atoms with E-state index < -0.39 is 0 Å². The summed E-state index contributed by atoms with van der Waals surface area (Å²) < 4.78 is 14.9. The molecule has 1 aromatic heterocycles. The van der Waals surface area contributed by atoms with Crippen molar-refractivity contribution >= 4 is 0 Å². The maximum Gasteiger partial charge on any atom is 0.138 e. The summed E-state index contributed by atoms with van der Waals surface area (Å²) in [5.74, 6) is 0.808. The van der Waals surface area contributed by atoms with Gasteiger partial charge in [-0.3, -0.25) is 0 Å². The molecule has 0 amide bonds. The Morgan fingerprint density at radius 3 is 2.70 bits per heavy atom. The smallest absolute Gasteiger partial charge is 0.138 e. The quantitative estimate of drug-likeness (QED) is 0.859. The van der Waals surface area contributed by atoms with E-state index in [2.05, 4.69) is 29.0 Å². The highest BCUT2D eigenvalue weighted by Gasteiger charge is 2.37. The highest BCUT2D eigenvalue weighted by Crippen LogP contribution is 2.32. The average Bonchev–Trinajstić information content (AvgIpc) is 3.00. The summed E-state index contributed by atoms with van der Waals surface area (Å²) in [6.45, 7) is 4.95. The van der Waals surface area contributed by atoms with Crippen molar-refractivity contribution in [3.05, 3.63) is 47.8 Å². The van der Waals surface area contributed by atoms with Crippen molar-refractivity contribution in [1.29, 1.82) is 0 Å². The molecule has 1 aliphatic rings. The minimum atomic E-state index is -0.211. The third-order valence-corrected chi connectivity index (χ3v) is 4.07. The number of aromatic nitrogens is 3. The molecule has 1 aromatic carbocycles. The second-order valence-electron chi connectivity index (χ2n) is 5.92. The Morgan fingerprint density at radius 2 is 2.05 bits per heavy atom. The van der Waals surface area contributed by atoms with Crippen molar-refractivity contribution < 1.29 is 4.39 Å². The number of rotatable bonds is 3. The first-order chi connectivity index (χ1) is 9.57. The molecule has 106 valence electrons. The van der Waals surface area contributed by atoms with Crippen LogP contribution < -0.4 is 0 Å². The molecule has 0 spiro atoms. The Labute approximate surface area is 118 Å². The van der Waals surface area contributed by atoms with E-state index in [4.69, 9.17) is 0 Å². The third-order valence-electron chi connectivity index (χ3n) is 4.07. The van der Waals surface area contributed by atoms with Crippen molar-refractivity contribution in [2.75, 3.05) is 20.1 Å². The fourth-order valence-corrected chi connectivity index (χ4v) is 2.98. The van der Waals surface area contributed by atoms with Crippen LogP contribution in [0.25, 0.3) is 0 Å². The van der Waals surface area contributed by atoms with Gasteiger partial charge in [0, 0.05) is 12.0 Å². The predicted molar refractivity (Wildman–Crippen MR) is 75.0 cm³/mol. The van der Waals surface area contributed by atoms with Gasteiger partial charge in [-0.2, -0.15) is 5.10 Å². The van der Waals surface area contributed by atoms with Crippen LogP contribution in [0.1, 0.15) is 24.7 Å². The van der Waals surface area contributed by atoms with Crippen LogP contribution in [-0.2, 0) is 12.0 Å². The summed E-state index contributed by atoms with van der Waals surface area (Å²) in [4.78, 5) is 6.79. The lowest BCUT2D eigenvalue weighted by Crippen LogP contribution is -2.30. The van der Waals surface area contributed by atoms with Gasteiger partial charge >= 0.3 is 0 Å². The summed E-state index contributed by atoms with van der Waals surface area (Å²) in [5, 5.41) is 4.34. The number of benzene rings is 1. The molecular formula is C15H19FN4. The van der Waals surface area contributed by atoms with Gasteiger partial charge in [-0.15, -0.1) is 0 Å². The average molecular weight is 274 g/mol. The molecule has 4 nitrogen and oxygen atoms in total. The van der Waals surface area contributed by atoms with E-state index in [-0.39, 0.29) is 11.2 Å². The maximum absolute atomic E-state index is 13.0. The van der Waals surface area contributed by atoms with E-state index in [1.807, 2.05) is 4.68 Å². The molecule has 5 heteroatoms. The summed E-state index contributed by atoms with van der Waals surface area (Å²) in [6, 6.07) is 6.56. The van der Waals surface area contributed by atoms with Crippen LogP contribution in [0.4, 0.5) is 4.39 Å². The lowest BCUT2D eigenvalue weighted by Gasteiger charge is -2.23. The molecule has 0 saturated carbocycles. The summed E-state index contributed by atoms with van der Waals surface area (Å²) in [7, 11) is 2.13. The zero-order valence-corrected chi connectivity index (χ0v) is 11.9. The molecule has 1 unspecified atom stereocenters. The Kier molecular flexibility index (Phi) is 3.30. The molecule has 1 fully saturated rings. The number of likely N-dealkylation sites (tertiary alicyclic amines) is 1. The number of nitrogens with zero attached hydrogens (tertiary/aromatic N) is 4. The van der Waals surface area contributed by atoms with Crippen molar-refractivity contribution in [2.24, 2.45) is 0 Å². The molecule has 3 rings (SSSR count). The Morgan fingerprint density at radius 1 is 1.30 bits per heavy atom. The van der Waals surface area contributed by atoms with E-state index in [0.717, 1.165) is 30.9 Å². The first-order valence-electron chi connectivity index (χ1n) is 6.88. The highest BCUT2D eigenvalue weighted by atomic mass is 19.1. The first-order valence-corrected chi connectivity index (χ1v) is 6.88. The molecule has 20 heavy (non-hydrogen) atoms. The third kappa shape index (κ3) is 2.45. The van der Waals surface area contributed by atoms with Gasteiger partial charge in [0.05, 0.1) is 6.54 Å². The second kappa shape index (κ2) is 4.98. The normalized spacial score (nSPS) is 23.4. The molecule has 2 aromatic rings. The Hall–Kier alpha value is -1.75. The zero-order chi connectivity index (χ0) is 14.2. The van der Waals surface area contributed by atoms with Crippen LogP contribution in [-0.4, -0.2) is 39.8 Å². The molecule has 1 aliphatic heterocycles. The van der Waals surface area contributed by atoms with E-state index >= 15 is 0 Å². The summed E-state index contributed by atoms with van der Waals surface area (Å²) >= 11 is 0. The molecular weight excluding hydrogens is 255 g/mol. The predicted octanol–water partition coefficient (Wildman–Crippen LogP) is 2.06. The summed E-state index contributed by atoms with van der Waals surface area (Å²) in [5.41, 5.74) is 1.08. The van der Waals surface area contributed by atoms with Crippen LogP contribution >= 0.6 is 0 Å². The molecule has 2 heterocycles. The van der Waals surface area contributed by atoms with Gasteiger partial charge in [0.15, 0.2) is 0 Å². The van der Waals surface area contributed by atoms with E-state index in [9.17, 15) is 4.39 Å². The topological polar surface area (TPSA) is 34.0 Å². The van der Waals surface area contributed by atoms with Crippen molar-refractivity contribution in [3.8, 4) is 0 Å². The van der Waals surface area contributed by atoms with Crippen LogP contribution in [0.3, 0.4) is 0 Å². The number of halogens is 1. The van der Waals surface area contributed by atoms with E-state index in [1.54, 1.807) is 18.5 Å². The van der Waals surface area contributed by atoms with Crippen molar-refractivity contribution in [1.82, 2.24) is 19.7 Å². The van der Waals surface area contributed by atoms with Gasteiger partial charge in [-0.05, 0) is 37.7 Å². The van der Waals surface area contributed by atoms with Gasteiger partial charge in [-0.1, -0.05) is 19.1 Å². The summed E-state index contributed by atoms with van der Waals surface area (Å²) in [6.07, 6.45) is 2.70. The van der Waals surface area contributed by atoms with Crippen LogP contribution in [0.5, 0.6) is 0 Å². The van der Waals surface area contributed by atoms with E-state index in [0.29, 0.717) is 6.54 Å². The number of hydrogen-bond donors (Lipinski definition) is 0. The van der Waals surface area contributed by atoms with Gasteiger partial charge < -0.3 is 4.90 Å². The number of hydrogen-bond acceptors (Lipinski definition) is 3. The Balaban J connectivity index is 1.85. The fraction of sp³-hybridized carbons (Fsp3) is 0.467. The molecule has 1 atom stereocenters. The van der Waals surface area contributed by atoms with Crippen LogP contribution in [0, 0.1) is 5.82 Å². The first kappa shape index (κ1) is 13.2. The molecule has 1 saturated heterocycles. The van der Waals surface area contributed by atoms with Gasteiger partial charge in [0.25, 0.3) is 0 Å². The lowest BCUT2D eigenvalue weighted by molar-refractivity contribution is 0.364. The lowest BCUT2D eigenvalue weighted by atomic mass is 9.88. The molecule has 0 bridgehead atoms. The van der Waals surface area contributed by atoms with Crippen LogP contribution in [0.2, 0.25) is 0 Å². The minimum Gasteiger partial charge on any atom is -0.305 e. The molecule has 0 radical (unpaired) electrons. The Bertz CT molecular complexity index is 592. The van der Waals surface area contributed by atoms with Crippen LogP contribution in [0.15, 0.2) is 30.6 Å². The van der Waals surface area contributed by atoms with Gasteiger partial charge in [0.1, 0.15) is 18.0 Å². The fourth-order valence-electron chi connectivity index (χ4n) is 2.98.